The van der Waals surface area contributed by atoms with Gasteiger partial charge in [-0.15, -0.1) is 0 Å². The van der Waals surface area contributed by atoms with Crippen molar-refractivity contribution < 1.29 is 58.6 Å². The van der Waals surface area contributed by atoms with Gasteiger partial charge in [0.25, 0.3) is 0 Å². The van der Waals surface area contributed by atoms with Crippen molar-refractivity contribution in [2.24, 2.45) is 0 Å². The van der Waals surface area contributed by atoms with Crippen LogP contribution < -0.4 is 4.90 Å². The minimum Gasteiger partial charge on any atom is -0.444 e. The summed E-state index contributed by atoms with van der Waals surface area (Å²) in [6.45, 7) is 8.56. The highest BCUT2D eigenvalue weighted by Crippen LogP contribution is 2.42. The number of anilines is 1. The summed E-state index contributed by atoms with van der Waals surface area (Å²) in [6.07, 6.45) is -16.9. The molecule has 2 aliphatic heterocycles. The summed E-state index contributed by atoms with van der Waals surface area (Å²) < 4.78 is 133. The number of likely N-dealkylation sites (tertiary alicyclic amines) is 1. The molecule has 2 aromatic rings. The number of cyclic esters (lactones) is 1. The molecule has 17 heteroatoms. The van der Waals surface area contributed by atoms with Crippen molar-refractivity contribution in [3.8, 4) is 0 Å². The van der Waals surface area contributed by atoms with Gasteiger partial charge >= 0.3 is 30.7 Å². The van der Waals surface area contributed by atoms with Crippen LogP contribution in [0.1, 0.15) is 81.4 Å². The van der Waals surface area contributed by atoms with Crippen molar-refractivity contribution >= 4 is 18.0 Å². The van der Waals surface area contributed by atoms with Crippen molar-refractivity contribution in [3.63, 3.8) is 0 Å². The number of aromatic nitrogens is 1. The van der Waals surface area contributed by atoms with E-state index in [1.807, 2.05) is 0 Å². The number of carbonyl (C=O) groups is 2. The van der Waals surface area contributed by atoms with Gasteiger partial charge in [0.15, 0.2) is 0 Å². The molecular formula is C31H35F9N4O4. The molecule has 0 radical (unpaired) electrons. The Bertz CT molecular complexity index is 1460. The predicted octanol–water partition coefficient (Wildman–Crippen LogP) is 8.45. The van der Waals surface area contributed by atoms with Crippen LogP contribution in [0.5, 0.6) is 0 Å². The van der Waals surface area contributed by atoms with Crippen LogP contribution in [0.4, 0.5) is 54.9 Å². The molecule has 1 aromatic carbocycles. The van der Waals surface area contributed by atoms with Crippen LogP contribution in [-0.2, 0) is 34.5 Å². The van der Waals surface area contributed by atoms with Crippen LogP contribution in [0.3, 0.4) is 0 Å². The third kappa shape index (κ3) is 8.38. The molecule has 0 N–H and O–H groups in total. The van der Waals surface area contributed by atoms with Gasteiger partial charge in [-0.2, -0.15) is 39.5 Å². The molecule has 48 heavy (non-hydrogen) atoms. The van der Waals surface area contributed by atoms with Crippen LogP contribution in [0.25, 0.3) is 0 Å². The number of nitrogens with zero attached hydrogens (tertiary/aromatic N) is 4. The first-order valence-electron chi connectivity index (χ1n) is 15.1. The molecule has 0 bridgehead atoms. The Hall–Kier alpha value is -3.92. The molecule has 0 saturated carbocycles. The van der Waals surface area contributed by atoms with Crippen LogP contribution in [0, 0.1) is 0 Å². The van der Waals surface area contributed by atoms with Crippen LogP contribution >= 0.6 is 0 Å². The number of amides is 2. The number of hydrogen-bond acceptors (Lipinski definition) is 6. The topological polar surface area (TPSA) is 75.2 Å². The maximum absolute atomic E-state index is 13.8. The minimum atomic E-state index is -5.15. The van der Waals surface area contributed by atoms with Crippen molar-refractivity contribution in [2.75, 3.05) is 24.5 Å². The molecule has 2 atom stereocenters. The van der Waals surface area contributed by atoms with Gasteiger partial charge in [-0.3, -0.25) is 4.90 Å². The number of rotatable bonds is 6. The SMILES string of the molecule is CCN(c1ncc(C(F)(F)F)cc1CN1C(=O)OC(c2cc(C(F)(F)F)cc(C(F)(F)F)c2)C1C)C1CCN(C(=O)OC(C)(C)C)CC1. The fourth-order valence-corrected chi connectivity index (χ4v) is 5.79. The molecule has 0 aliphatic carbocycles. The fourth-order valence-electron chi connectivity index (χ4n) is 5.79. The third-order valence-electron chi connectivity index (χ3n) is 8.11. The molecule has 4 rings (SSSR count). The Morgan fingerprint density at radius 3 is 1.94 bits per heavy atom. The normalized spacial score (nSPS) is 19.8. The zero-order valence-electron chi connectivity index (χ0n) is 26.7. The van der Waals surface area contributed by atoms with Crippen molar-refractivity contribution in [3.05, 3.63) is 58.3 Å². The van der Waals surface area contributed by atoms with E-state index in [9.17, 15) is 49.1 Å². The smallest absolute Gasteiger partial charge is 0.417 e. The Balaban J connectivity index is 1.64. The van der Waals surface area contributed by atoms with Crippen molar-refractivity contribution in [1.29, 1.82) is 0 Å². The Morgan fingerprint density at radius 1 is 0.917 bits per heavy atom. The first-order valence-corrected chi connectivity index (χ1v) is 15.1. The Kier molecular flexibility index (Phi) is 10.1. The van der Waals surface area contributed by atoms with E-state index in [0.29, 0.717) is 44.3 Å². The molecule has 3 heterocycles. The monoisotopic (exact) mass is 698 g/mol. The molecule has 266 valence electrons. The standard InChI is InChI=1S/C31H35F9N4O4/c1-6-43(23-7-9-42(10-8-23)26(45)48-28(3,4)5)25-19(13-22(15-41-25)31(38,39)40)16-44-17(2)24(47-27(44)46)18-11-20(29(32,33)34)14-21(12-18)30(35,36)37/h11-15,17,23-24H,6-10,16H2,1-5H3. The van der Waals surface area contributed by atoms with E-state index < -0.39 is 77.3 Å². The van der Waals surface area contributed by atoms with E-state index in [0.717, 1.165) is 11.0 Å². The summed E-state index contributed by atoms with van der Waals surface area (Å²) in [6, 6.07) is 0.190. The van der Waals surface area contributed by atoms with Crippen LogP contribution in [-0.4, -0.2) is 64.3 Å². The maximum Gasteiger partial charge on any atom is 0.417 e. The highest BCUT2D eigenvalue weighted by Gasteiger charge is 2.44. The van der Waals surface area contributed by atoms with E-state index in [-0.39, 0.29) is 30.0 Å². The summed E-state index contributed by atoms with van der Waals surface area (Å²) in [5, 5.41) is 0. The molecule has 8 nitrogen and oxygen atoms in total. The van der Waals surface area contributed by atoms with E-state index >= 15 is 0 Å². The zero-order chi connectivity index (χ0) is 36.0. The molecule has 2 unspecified atom stereocenters. The van der Waals surface area contributed by atoms with Gasteiger partial charge in [-0.1, -0.05) is 0 Å². The zero-order valence-corrected chi connectivity index (χ0v) is 26.7. The average Bonchev–Trinajstić information content (AvgIpc) is 3.24. The van der Waals surface area contributed by atoms with E-state index in [1.54, 1.807) is 32.6 Å². The third-order valence-corrected chi connectivity index (χ3v) is 8.11. The second-order valence-electron chi connectivity index (χ2n) is 12.7. The second-order valence-corrected chi connectivity index (χ2v) is 12.7. The molecule has 2 saturated heterocycles. The lowest BCUT2D eigenvalue weighted by Crippen LogP contribution is -2.48. The summed E-state index contributed by atoms with van der Waals surface area (Å²) in [5.74, 6) is 0.100. The van der Waals surface area contributed by atoms with Crippen LogP contribution in [0.15, 0.2) is 30.5 Å². The summed E-state index contributed by atoms with van der Waals surface area (Å²) in [5.41, 5.74) is -5.68. The first-order chi connectivity index (χ1) is 22.0. The molecule has 2 fully saturated rings. The lowest BCUT2D eigenvalue weighted by Gasteiger charge is -2.40. The second kappa shape index (κ2) is 13.2. The van der Waals surface area contributed by atoms with E-state index in [1.165, 1.54) is 11.8 Å². The Labute approximate surface area is 270 Å². The number of halogens is 9. The van der Waals surface area contributed by atoms with E-state index in [4.69, 9.17) is 9.47 Å². The van der Waals surface area contributed by atoms with Gasteiger partial charge in [-0.25, -0.2) is 14.6 Å². The highest BCUT2D eigenvalue weighted by molar-refractivity contribution is 5.72. The lowest BCUT2D eigenvalue weighted by molar-refractivity contribution is -0.143. The molecule has 2 aliphatic rings. The predicted molar refractivity (Wildman–Crippen MR) is 154 cm³/mol. The van der Waals surface area contributed by atoms with Gasteiger partial charge in [0.1, 0.15) is 17.5 Å². The van der Waals surface area contributed by atoms with Gasteiger partial charge in [0.05, 0.1) is 29.3 Å². The summed E-state index contributed by atoms with van der Waals surface area (Å²) >= 11 is 0. The van der Waals surface area contributed by atoms with E-state index in [2.05, 4.69) is 4.98 Å². The van der Waals surface area contributed by atoms with Crippen molar-refractivity contribution in [2.45, 2.75) is 96.3 Å². The average molecular weight is 699 g/mol. The summed E-state index contributed by atoms with van der Waals surface area (Å²) in [7, 11) is 0. The summed E-state index contributed by atoms with van der Waals surface area (Å²) in [4.78, 5) is 33.9. The largest absolute Gasteiger partial charge is 0.444 e. The quantitative estimate of drug-likeness (QED) is 0.282. The molecule has 2 amide bonds. The number of piperidine rings is 1. The number of benzene rings is 1. The van der Waals surface area contributed by atoms with Gasteiger partial charge in [0.2, 0.25) is 0 Å². The molecule has 0 spiro atoms. The number of carbonyl (C=O) groups excluding carboxylic acids is 2. The Morgan fingerprint density at radius 2 is 1.46 bits per heavy atom. The molecular weight excluding hydrogens is 663 g/mol. The maximum atomic E-state index is 13.8. The van der Waals surface area contributed by atoms with Gasteiger partial charge in [0, 0.05) is 37.4 Å². The first kappa shape index (κ1) is 36.9. The lowest BCUT2D eigenvalue weighted by atomic mass is 9.97. The van der Waals surface area contributed by atoms with Gasteiger partial charge < -0.3 is 19.3 Å². The fraction of sp³-hybridized carbons (Fsp3) is 0.581. The highest BCUT2D eigenvalue weighted by atomic mass is 19.4. The van der Waals surface area contributed by atoms with Crippen molar-refractivity contribution in [1.82, 2.24) is 14.8 Å². The number of pyridine rings is 1. The number of hydrogen-bond donors (Lipinski definition) is 0. The van der Waals surface area contributed by atoms with Gasteiger partial charge in [-0.05, 0) is 77.3 Å². The van der Waals surface area contributed by atoms with Crippen LogP contribution in [0.2, 0.25) is 0 Å². The minimum absolute atomic E-state index is 0.0549. The number of alkyl halides is 9. The number of ether oxygens (including phenoxy) is 2. The molecule has 1 aromatic heterocycles.